The molecule has 0 aliphatic carbocycles. The molecule has 1 heterocycles. The van der Waals surface area contributed by atoms with Gasteiger partial charge in [-0.25, -0.2) is 0 Å². The molecule has 2 unspecified atom stereocenters. The molecule has 0 amide bonds. The fourth-order valence-corrected chi connectivity index (χ4v) is 2.44. The SMILES string of the molecule is CCC(O)CN1CCCCCC1CC(C)=O. The van der Waals surface area contributed by atoms with Gasteiger partial charge in [0.15, 0.2) is 0 Å². The first-order valence-corrected chi connectivity index (χ1v) is 6.55. The van der Waals surface area contributed by atoms with E-state index in [1.54, 1.807) is 6.92 Å². The minimum absolute atomic E-state index is 0.243. The van der Waals surface area contributed by atoms with Gasteiger partial charge in [0, 0.05) is 19.0 Å². The highest BCUT2D eigenvalue weighted by Gasteiger charge is 2.23. The highest BCUT2D eigenvalue weighted by molar-refractivity contribution is 5.76. The maximum absolute atomic E-state index is 11.2. The molecule has 0 spiro atoms. The third-order valence-electron chi connectivity index (χ3n) is 3.44. The molecule has 3 nitrogen and oxygen atoms in total. The zero-order chi connectivity index (χ0) is 12.0. The Hall–Kier alpha value is -0.410. The molecule has 1 rings (SSSR count). The highest BCUT2D eigenvalue weighted by Crippen LogP contribution is 2.20. The maximum Gasteiger partial charge on any atom is 0.131 e. The van der Waals surface area contributed by atoms with Gasteiger partial charge in [0.05, 0.1) is 6.10 Å². The van der Waals surface area contributed by atoms with E-state index < -0.39 is 0 Å². The van der Waals surface area contributed by atoms with Crippen molar-refractivity contribution < 1.29 is 9.90 Å². The minimum Gasteiger partial charge on any atom is -0.392 e. The van der Waals surface area contributed by atoms with Crippen LogP contribution in [0, 0.1) is 0 Å². The van der Waals surface area contributed by atoms with Crippen LogP contribution in [0.25, 0.3) is 0 Å². The number of rotatable bonds is 5. The number of aliphatic hydroxyl groups is 1. The Morgan fingerprint density at radius 1 is 1.44 bits per heavy atom. The molecule has 1 aliphatic heterocycles. The second kappa shape index (κ2) is 7.02. The summed E-state index contributed by atoms with van der Waals surface area (Å²) in [5.74, 6) is 0.267. The van der Waals surface area contributed by atoms with E-state index in [2.05, 4.69) is 4.90 Å². The first kappa shape index (κ1) is 13.7. The lowest BCUT2D eigenvalue weighted by Crippen LogP contribution is -2.41. The van der Waals surface area contributed by atoms with Crippen molar-refractivity contribution in [1.82, 2.24) is 4.90 Å². The molecule has 16 heavy (non-hydrogen) atoms. The number of β-amino-alcohol motifs (C(OH)–C–C–N with tert-alkyl or cyclic N) is 1. The van der Waals surface area contributed by atoms with Crippen LogP contribution in [0.5, 0.6) is 0 Å². The van der Waals surface area contributed by atoms with Crippen molar-refractivity contribution >= 4 is 5.78 Å². The van der Waals surface area contributed by atoms with Crippen LogP contribution in [0.4, 0.5) is 0 Å². The Kier molecular flexibility index (Phi) is 5.99. The van der Waals surface area contributed by atoms with Crippen molar-refractivity contribution in [2.24, 2.45) is 0 Å². The number of hydrogen-bond donors (Lipinski definition) is 1. The van der Waals surface area contributed by atoms with Gasteiger partial charge in [-0.05, 0) is 32.7 Å². The van der Waals surface area contributed by atoms with E-state index in [0.717, 1.165) is 25.9 Å². The van der Waals surface area contributed by atoms with Crippen LogP contribution in [0.1, 0.15) is 52.4 Å². The van der Waals surface area contributed by atoms with Crippen molar-refractivity contribution in [3.8, 4) is 0 Å². The summed E-state index contributed by atoms with van der Waals surface area (Å²) in [5.41, 5.74) is 0. The van der Waals surface area contributed by atoms with Gasteiger partial charge in [-0.1, -0.05) is 19.8 Å². The predicted molar refractivity (Wildman–Crippen MR) is 65.4 cm³/mol. The van der Waals surface area contributed by atoms with Gasteiger partial charge in [-0.2, -0.15) is 0 Å². The van der Waals surface area contributed by atoms with Crippen LogP contribution in [-0.4, -0.2) is 41.0 Å². The lowest BCUT2D eigenvalue weighted by Gasteiger charge is -2.30. The van der Waals surface area contributed by atoms with Crippen molar-refractivity contribution in [2.45, 2.75) is 64.5 Å². The van der Waals surface area contributed by atoms with Gasteiger partial charge in [0.1, 0.15) is 5.78 Å². The second-order valence-electron chi connectivity index (χ2n) is 4.97. The molecule has 2 atom stereocenters. The second-order valence-corrected chi connectivity index (χ2v) is 4.97. The molecule has 1 saturated heterocycles. The van der Waals surface area contributed by atoms with E-state index >= 15 is 0 Å². The molecule has 1 N–H and O–H groups in total. The van der Waals surface area contributed by atoms with Gasteiger partial charge >= 0.3 is 0 Å². The van der Waals surface area contributed by atoms with Crippen LogP contribution >= 0.6 is 0 Å². The molecule has 0 aromatic heterocycles. The molecule has 1 aliphatic rings. The summed E-state index contributed by atoms with van der Waals surface area (Å²) >= 11 is 0. The summed E-state index contributed by atoms with van der Waals surface area (Å²) < 4.78 is 0. The Bertz CT molecular complexity index is 218. The van der Waals surface area contributed by atoms with Crippen molar-refractivity contribution in [1.29, 1.82) is 0 Å². The van der Waals surface area contributed by atoms with Gasteiger partial charge in [0.2, 0.25) is 0 Å². The number of aliphatic hydroxyl groups excluding tert-OH is 1. The topological polar surface area (TPSA) is 40.5 Å². The molecule has 0 saturated carbocycles. The largest absolute Gasteiger partial charge is 0.392 e. The molecule has 0 aromatic rings. The average Bonchev–Trinajstić information content (AvgIpc) is 2.44. The van der Waals surface area contributed by atoms with Crippen LogP contribution in [0.2, 0.25) is 0 Å². The Balaban J connectivity index is 2.54. The predicted octanol–water partition coefficient (Wildman–Crippen LogP) is 1.98. The third kappa shape index (κ3) is 4.62. The van der Waals surface area contributed by atoms with E-state index in [9.17, 15) is 9.90 Å². The van der Waals surface area contributed by atoms with E-state index in [-0.39, 0.29) is 11.9 Å². The molecule has 0 radical (unpaired) electrons. The average molecular weight is 227 g/mol. The molecule has 0 aromatic carbocycles. The Morgan fingerprint density at radius 2 is 2.19 bits per heavy atom. The van der Waals surface area contributed by atoms with E-state index in [4.69, 9.17) is 0 Å². The summed E-state index contributed by atoms with van der Waals surface area (Å²) in [6.07, 6.45) is 5.98. The first-order valence-electron chi connectivity index (χ1n) is 6.55. The molecule has 1 fully saturated rings. The van der Waals surface area contributed by atoms with Crippen LogP contribution in [0.3, 0.4) is 0 Å². The van der Waals surface area contributed by atoms with Gasteiger partial charge in [-0.3, -0.25) is 9.69 Å². The first-order chi connectivity index (χ1) is 7.63. The summed E-state index contributed by atoms with van der Waals surface area (Å²) in [6, 6.07) is 0.362. The lowest BCUT2D eigenvalue weighted by atomic mass is 10.0. The number of carbonyl (C=O) groups excluding carboxylic acids is 1. The smallest absolute Gasteiger partial charge is 0.131 e. The monoisotopic (exact) mass is 227 g/mol. The molecule has 94 valence electrons. The third-order valence-corrected chi connectivity index (χ3v) is 3.44. The van der Waals surface area contributed by atoms with Crippen molar-refractivity contribution in [3.05, 3.63) is 0 Å². The van der Waals surface area contributed by atoms with Crippen LogP contribution < -0.4 is 0 Å². The fourth-order valence-electron chi connectivity index (χ4n) is 2.44. The minimum atomic E-state index is -0.243. The molecular formula is C13H25NO2. The van der Waals surface area contributed by atoms with Gasteiger partial charge in [0.25, 0.3) is 0 Å². The number of carbonyl (C=O) groups is 1. The summed E-state index contributed by atoms with van der Waals surface area (Å²) in [5, 5.41) is 9.73. The van der Waals surface area contributed by atoms with Gasteiger partial charge < -0.3 is 5.11 Å². The van der Waals surface area contributed by atoms with Crippen molar-refractivity contribution in [3.63, 3.8) is 0 Å². The highest BCUT2D eigenvalue weighted by atomic mass is 16.3. The molecular weight excluding hydrogens is 202 g/mol. The van der Waals surface area contributed by atoms with Crippen LogP contribution in [-0.2, 0) is 4.79 Å². The van der Waals surface area contributed by atoms with E-state index in [1.807, 2.05) is 6.92 Å². The Labute approximate surface area is 98.8 Å². The fraction of sp³-hybridized carbons (Fsp3) is 0.923. The standard InChI is InChI=1S/C13H25NO2/c1-3-13(16)10-14-8-6-4-5-7-12(14)9-11(2)15/h12-13,16H,3-10H2,1-2H3. The van der Waals surface area contributed by atoms with Crippen LogP contribution in [0.15, 0.2) is 0 Å². The molecule has 3 heteroatoms. The summed E-state index contributed by atoms with van der Waals surface area (Å²) in [6.45, 7) is 5.44. The number of Topliss-reactive ketones (excluding diaryl/α,β-unsaturated/α-hetero) is 1. The maximum atomic E-state index is 11.2. The number of nitrogens with zero attached hydrogens (tertiary/aromatic N) is 1. The zero-order valence-electron chi connectivity index (χ0n) is 10.6. The molecule has 0 bridgehead atoms. The Morgan fingerprint density at radius 3 is 2.81 bits per heavy atom. The normalized spacial score (nSPS) is 25.1. The quantitative estimate of drug-likeness (QED) is 0.780. The van der Waals surface area contributed by atoms with E-state index in [1.165, 1.54) is 19.3 Å². The summed E-state index contributed by atoms with van der Waals surface area (Å²) in [7, 11) is 0. The summed E-state index contributed by atoms with van der Waals surface area (Å²) in [4.78, 5) is 13.6. The van der Waals surface area contributed by atoms with Crippen molar-refractivity contribution in [2.75, 3.05) is 13.1 Å². The zero-order valence-corrected chi connectivity index (χ0v) is 10.6. The van der Waals surface area contributed by atoms with Gasteiger partial charge in [-0.15, -0.1) is 0 Å². The number of hydrogen-bond acceptors (Lipinski definition) is 3. The lowest BCUT2D eigenvalue weighted by molar-refractivity contribution is -0.118. The number of ketones is 1. The van der Waals surface area contributed by atoms with E-state index in [0.29, 0.717) is 12.5 Å². The number of likely N-dealkylation sites (tertiary alicyclic amines) is 1.